The Hall–Kier alpha value is -3.29. The van der Waals surface area contributed by atoms with Crippen LogP contribution in [-0.4, -0.2) is 67.8 Å². The van der Waals surface area contributed by atoms with Gasteiger partial charge in [0, 0.05) is 26.2 Å². The van der Waals surface area contributed by atoms with Crippen LogP contribution in [0, 0.1) is 0 Å². The van der Waals surface area contributed by atoms with Gasteiger partial charge in [-0.25, -0.2) is 0 Å². The summed E-state index contributed by atoms with van der Waals surface area (Å²) in [6.07, 6.45) is 2.11. The lowest BCUT2D eigenvalue weighted by Crippen LogP contribution is -2.51. The van der Waals surface area contributed by atoms with Gasteiger partial charge in [-0.2, -0.15) is 0 Å². The third-order valence-electron chi connectivity index (χ3n) is 4.35. The van der Waals surface area contributed by atoms with E-state index in [0.29, 0.717) is 55.3 Å². The molecule has 1 aromatic carbocycles. The molecule has 3 rings (SSSR count). The number of benzene rings is 1. The van der Waals surface area contributed by atoms with Crippen LogP contribution in [0.3, 0.4) is 0 Å². The van der Waals surface area contributed by atoms with E-state index in [1.165, 1.54) is 13.4 Å². The van der Waals surface area contributed by atoms with Crippen molar-refractivity contribution in [2.45, 2.75) is 0 Å². The Bertz CT molecular complexity index is 810. The molecule has 1 aromatic heterocycles. The summed E-state index contributed by atoms with van der Waals surface area (Å²) in [4.78, 5) is 39.0. The van der Waals surface area contributed by atoms with Gasteiger partial charge in [0.25, 0.3) is 11.8 Å². The SMILES string of the molecule is COc1ccc(OCC(=O)N2CCN(C(=O)c3ccco3)CC2)c(C=O)c1. The molecule has 0 unspecified atom stereocenters. The van der Waals surface area contributed by atoms with Crippen LogP contribution in [0.25, 0.3) is 0 Å². The largest absolute Gasteiger partial charge is 0.497 e. The van der Waals surface area contributed by atoms with Crippen molar-refractivity contribution in [3.63, 3.8) is 0 Å². The number of carbonyl (C=O) groups is 3. The van der Waals surface area contributed by atoms with Gasteiger partial charge in [-0.15, -0.1) is 0 Å². The fraction of sp³-hybridized carbons (Fsp3) is 0.316. The summed E-state index contributed by atoms with van der Waals surface area (Å²) in [5.74, 6) is 0.767. The smallest absolute Gasteiger partial charge is 0.289 e. The van der Waals surface area contributed by atoms with Gasteiger partial charge in [-0.1, -0.05) is 0 Å². The van der Waals surface area contributed by atoms with Gasteiger partial charge in [0.1, 0.15) is 11.5 Å². The third kappa shape index (κ3) is 4.28. The second kappa shape index (κ2) is 8.39. The molecule has 0 spiro atoms. The molecule has 2 aromatic rings. The molecule has 8 heteroatoms. The van der Waals surface area contributed by atoms with Crippen LogP contribution in [-0.2, 0) is 4.79 Å². The number of carbonyl (C=O) groups excluding carboxylic acids is 3. The molecule has 1 saturated heterocycles. The Morgan fingerprint density at radius 2 is 1.89 bits per heavy atom. The van der Waals surface area contributed by atoms with Gasteiger partial charge in [-0.3, -0.25) is 14.4 Å². The number of methoxy groups -OCH3 is 1. The maximum atomic E-state index is 12.4. The number of piperazine rings is 1. The van der Waals surface area contributed by atoms with Crippen molar-refractivity contribution in [2.75, 3.05) is 39.9 Å². The second-order valence-corrected chi connectivity index (χ2v) is 5.96. The quantitative estimate of drug-likeness (QED) is 0.714. The number of hydrogen-bond acceptors (Lipinski definition) is 6. The highest BCUT2D eigenvalue weighted by molar-refractivity contribution is 5.91. The Balaban J connectivity index is 1.51. The first kappa shape index (κ1) is 18.5. The molecule has 0 atom stereocenters. The standard InChI is InChI=1S/C19H20N2O6/c1-25-15-4-5-16(14(11-15)12-22)27-13-18(23)20-6-8-21(9-7-20)19(24)17-3-2-10-26-17/h2-5,10-12H,6-9,13H2,1H3. The van der Waals surface area contributed by atoms with Crippen LogP contribution in [0.2, 0.25) is 0 Å². The van der Waals surface area contributed by atoms with E-state index in [1.54, 1.807) is 40.1 Å². The summed E-state index contributed by atoms with van der Waals surface area (Å²) in [7, 11) is 1.50. The average Bonchev–Trinajstić information content (AvgIpc) is 3.26. The maximum Gasteiger partial charge on any atom is 0.289 e. The minimum absolute atomic E-state index is 0.181. The molecule has 2 amide bonds. The van der Waals surface area contributed by atoms with Crippen LogP contribution in [0.5, 0.6) is 11.5 Å². The van der Waals surface area contributed by atoms with Crippen molar-refractivity contribution < 1.29 is 28.3 Å². The molecule has 27 heavy (non-hydrogen) atoms. The number of hydrogen-bond donors (Lipinski definition) is 0. The predicted molar refractivity (Wildman–Crippen MR) is 95.1 cm³/mol. The van der Waals surface area contributed by atoms with E-state index in [-0.39, 0.29) is 18.4 Å². The van der Waals surface area contributed by atoms with E-state index >= 15 is 0 Å². The Morgan fingerprint density at radius 1 is 1.15 bits per heavy atom. The summed E-state index contributed by atoms with van der Waals surface area (Å²) >= 11 is 0. The molecule has 1 aliphatic rings. The van der Waals surface area contributed by atoms with Crippen molar-refractivity contribution in [1.29, 1.82) is 0 Å². The van der Waals surface area contributed by atoms with Crippen LogP contribution in [0.15, 0.2) is 41.0 Å². The number of furan rings is 1. The number of rotatable bonds is 6. The first-order valence-corrected chi connectivity index (χ1v) is 8.49. The van der Waals surface area contributed by atoms with Crippen molar-refractivity contribution >= 4 is 18.1 Å². The molecule has 142 valence electrons. The lowest BCUT2D eigenvalue weighted by Gasteiger charge is -2.34. The molecule has 0 saturated carbocycles. The fourth-order valence-electron chi connectivity index (χ4n) is 2.82. The summed E-state index contributed by atoms with van der Waals surface area (Å²) in [5, 5.41) is 0. The van der Waals surface area contributed by atoms with Crippen molar-refractivity contribution in [3.8, 4) is 11.5 Å². The lowest BCUT2D eigenvalue weighted by atomic mass is 10.2. The molecular formula is C19H20N2O6. The van der Waals surface area contributed by atoms with Gasteiger partial charge in [0.2, 0.25) is 0 Å². The number of amides is 2. The van der Waals surface area contributed by atoms with Crippen LogP contribution >= 0.6 is 0 Å². The Morgan fingerprint density at radius 3 is 2.52 bits per heavy atom. The summed E-state index contributed by atoms with van der Waals surface area (Å²) in [5.41, 5.74) is 0.316. The highest BCUT2D eigenvalue weighted by atomic mass is 16.5. The molecule has 0 radical (unpaired) electrons. The van der Waals surface area contributed by atoms with Crippen molar-refractivity contribution in [1.82, 2.24) is 9.80 Å². The molecule has 1 aliphatic heterocycles. The molecule has 0 aliphatic carbocycles. The zero-order chi connectivity index (χ0) is 19.2. The second-order valence-electron chi connectivity index (χ2n) is 5.96. The monoisotopic (exact) mass is 372 g/mol. The first-order valence-electron chi connectivity index (χ1n) is 8.49. The molecule has 8 nitrogen and oxygen atoms in total. The number of aldehydes is 1. The highest BCUT2D eigenvalue weighted by Crippen LogP contribution is 2.22. The molecular weight excluding hydrogens is 352 g/mol. The topological polar surface area (TPSA) is 89.3 Å². The lowest BCUT2D eigenvalue weighted by molar-refractivity contribution is -0.134. The summed E-state index contributed by atoms with van der Waals surface area (Å²) < 4.78 is 15.7. The molecule has 2 heterocycles. The van der Waals surface area contributed by atoms with E-state index in [9.17, 15) is 14.4 Å². The minimum Gasteiger partial charge on any atom is -0.497 e. The van der Waals surface area contributed by atoms with Gasteiger partial charge in [0.05, 0.1) is 18.9 Å². The van der Waals surface area contributed by atoms with E-state index in [1.807, 2.05) is 0 Å². The minimum atomic E-state index is -0.201. The summed E-state index contributed by atoms with van der Waals surface area (Å²) in [6, 6.07) is 8.08. The molecule has 1 fully saturated rings. The van der Waals surface area contributed by atoms with Crippen molar-refractivity contribution in [3.05, 3.63) is 47.9 Å². The van der Waals surface area contributed by atoms with Gasteiger partial charge >= 0.3 is 0 Å². The van der Waals surface area contributed by atoms with Crippen LogP contribution in [0.1, 0.15) is 20.9 Å². The van der Waals surface area contributed by atoms with Crippen LogP contribution in [0.4, 0.5) is 0 Å². The van der Waals surface area contributed by atoms with Gasteiger partial charge in [0.15, 0.2) is 18.7 Å². The van der Waals surface area contributed by atoms with E-state index in [2.05, 4.69) is 0 Å². The molecule has 0 N–H and O–H groups in total. The number of nitrogens with zero attached hydrogens (tertiary/aromatic N) is 2. The predicted octanol–water partition coefficient (Wildman–Crippen LogP) is 1.46. The third-order valence-corrected chi connectivity index (χ3v) is 4.35. The van der Waals surface area contributed by atoms with Gasteiger partial charge in [-0.05, 0) is 30.3 Å². The Labute approximate surface area is 156 Å². The van der Waals surface area contributed by atoms with E-state index < -0.39 is 0 Å². The average molecular weight is 372 g/mol. The van der Waals surface area contributed by atoms with E-state index in [0.717, 1.165) is 0 Å². The zero-order valence-electron chi connectivity index (χ0n) is 14.9. The number of ether oxygens (including phenoxy) is 2. The highest BCUT2D eigenvalue weighted by Gasteiger charge is 2.26. The first-order chi connectivity index (χ1) is 13.1. The fourth-order valence-corrected chi connectivity index (χ4v) is 2.82. The van der Waals surface area contributed by atoms with E-state index in [4.69, 9.17) is 13.9 Å². The summed E-state index contributed by atoms with van der Waals surface area (Å²) in [6.45, 7) is 1.50. The Kier molecular flexibility index (Phi) is 5.75. The zero-order valence-corrected chi connectivity index (χ0v) is 14.9. The van der Waals surface area contributed by atoms with Gasteiger partial charge < -0.3 is 23.7 Å². The molecule has 0 bridgehead atoms. The van der Waals surface area contributed by atoms with Crippen molar-refractivity contribution in [2.24, 2.45) is 0 Å². The maximum absolute atomic E-state index is 12.4. The normalized spacial score (nSPS) is 14.0. The van der Waals surface area contributed by atoms with Crippen LogP contribution < -0.4 is 9.47 Å².